The number of benzene rings is 1. The fourth-order valence-corrected chi connectivity index (χ4v) is 3.64. The summed E-state index contributed by atoms with van der Waals surface area (Å²) in [5.74, 6) is 0.805. The van der Waals surface area contributed by atoms with Crippen molar-refractivity contribution in [3.63, 3.8) is 0 Å². The van der Waals surface area contributed by atoms with E-state index < -0.39 is 0 Å². The number of thiophene rings is 1. The second kappa shape index (κ2) is 7.88. The highest BCUT2D eigenvalue weighted by atomic mass is 35.5. The molecule has 0 aliphatic heterocycles. The quantitative estimate of drug-likeness (QED) is 0.662. The highest BCUT2D eigenvalue weighted by molar-refractivity contribution is 7.09. The van der Waals surface area contributed by atoms with Gasteiger partial charge in [0.05, 0.1) is 12.6 Å². The van der Waals surface area contributed by atoms with Crippen molar-refractivity contribution in [3.05, 3.63) is 63.1 Å². The Hall–Kier alpha value is -1.47. The van der Waals surface area contributed by atoms with E-state index in [0.29, 0.717) is 6.61 Å². The van der Waals surface area contributed by atoms with Gasteiger partial charge in [0, 0.05) is 30.1 Å². The van der Waals surface area contributed by atoms with Crippen molar-refractivity contribution >= 4 is 39.6 Å². The van der Waals surface area contributed by atoms with E-state index in [0.717, 1.165) is 28.0 Å². The second-order valence-corrected chi connectivity index (χ2v) is 6.91. The minimum Gasteiger partial charge on any atom is -0.384 e. The van der Waals surface area contributed by atoms with Gasteiger partial charge in [-0.3, -0.25) is 0 Å². The molecule has 0 radical (unpaired) electrons. The minimum atomic E-state index is 0.0294. The van der Waals surface area contributed by atoms with Crippen LogP contribution in [0.15, 0.2) is 41.1 Å². The third kappa shape index (κ3) is 4.29. The van der Waals surface area contributed by atoms with Crippen molar-refractivity contribution in [2.45, 2.75) is 12.5 Å². The van der Waals surface area contributed by atoms with E-state index in [2.05, 4.69) is 31.5 Å². The number of anilines is 1. The number of hydrogen-bond acceptors (Lipinski definition) is 6. The van der Waals surface area contributed by atoms with Gasteiger partial charge in [-0.2, -0.15) is 15.7 Å². The second-order valence-electron chi connectivity index (χ2n) is 4.94. The predicted octanol–water partition coefficient (Wildman–Crippen LogP) is 4.64. The standard InChI is InChI=1S/C16H16ClN3OS2/c1-21-8-6-14-18-16(23-20-14)19-15(12-7-9-22-10-12)11-2-4-13(17)5-3-11/h2-5,7,9-10,15H,6,8H2,1H3,(H,18,19,20). The molecule has 0 aliphatic rings. The largest absolute Gasteiger partial charge is 0.384 e. The Morgan fingerprint density at radius 3 is 2.74 bits per heavy atom. The highest BCUT2D eigenvalue weighted by Gasteiger charge is 2.16. The van der Waals surface area contributed by atoms with E-state index in [1.54, 1.807) is 18.4 Å². The van der Waals surface area contributed by atoms with Crippen LogP contribution >= 0.6 is 34.5 Å². The minimum absolute atomic E-state index is 0.0294. The van der Waals surface area contributed by atoms with Crippen LogP contribution in [0.1, 0.15) is 23.0 Å². The number of nitrogens with zero attached hydrogens (tertiary/aromatic N) is 2. The van der Waals surface area contributed by atoms with Gasteiger partial charge in [0.2, 0.25) is 5.13 Å². The van der Waals surface area contributed by atoms with E-state index in [1.165, 1.54) is 17.1 Å². The molecule has 1 unspecified atom stereocenters. The van der Waals surface area contributed by atoms with Gasteiger partial charge in [0.25, 0.3) is 0 Å². The molecule has 0 saturated heterocycles. The summed E-state index contributed by atoms with van der Waals surface area (Å²) in [5.41, 5.74) is 2.34. The lowest BCUT2D eigenvalue weighted by atomic mass is 10.0. The lowest BCUT2D eigenvalue weighted by Gasteiger charge is -2.17. The van der Waals surface area contributed by atoms with Crippen LogP contribution in [0.4, 0.5) is 5.13 Å². The van der Waals surface area contributed by atoms with Crippen molar-refractivity contribution in [2.75, 3.05) is 19.0 Å². The van der Waals surface area contributed by atoms with Crippen LogP contribution in [0.3, 0.4) is 0 Å². The summed E-state index contributed by atoms with van der Waals surface area (Å²) in [6, 6.07) is 10.0. The van der Waals surface area contributed by atoms with Gasteiger partial charge in [0.1, 0.15) is 5.82 Å². The number of halogens is 1. The van der Waals surface area contributed by atoms with Gasteiger partial charge < -0.3 is 10.1 Å². The van der Waals surface area contributed by atoms with Gasteiger partial charge in [0.15, 0.2) is 0 Å². The predicted molar refractivity (Wildman–Crippen MR) is 96.7 cm³/mol. The summed E-state index contributed by atoms with van der Waals surface area (Å²) >= 11 is 9.05. The van der Waals surface area contributed by atoms with Gasteiger partial charge in [-0.05, 0) is 40.1 Å². The lowest BCUT2D eigenvalue weighted by molar-refractivity contribution is 0.201. The smallest absolute Gasteiger partial charge is 0.203 e. The van der Waals surface area contributed by atoms with E-state index in [9.17, 15) is 0 Å². The molecule has 23 heavy (non-hydrogen) atoms. The van der Waals surface area contributed by atoms with Crippen molar-refractivity contribution < 1.29 is 4.74 Å². The number of ether oxygens (including phenoxy) is 1. The number of methoxy groups -OCH3 is 1. The Bertz CT molecular complexity index is 728. The Kier molecular flexibility index (Phi) is 5.61. The summed E-state index contributed by atoms with van der Waals surface area (Å²) in [6.07, 6.45) is 0.721. The number of nitrogens with one attached hydrogen (secondary N) is 1. The first-order valence-electron chi connectivity index (χ1n) is 7.12. The SMILES string of the molecule is COCCc1nsc(NC(c2ccc(Cl)cc2)c2ccsc2)n1. The molecule has 4 nitrogen and oxygen atoms in total. The zero-order chi connectivity index (χ0) is 16.1. The first-order chi connectivity index (χ1) is 11.3. The van der Waals surface area contributed by atoms with Crippen LogP contribution in [0.5, 0.6) is 0 Å². The van der Waals surface area contributed by atoms with Crippen molar-refractivity contribution in [2.24, 2.45) is 0 Å². The van der Waals surface area contributed by atoms with Crippen LogP contribution in [-0.4, -0.2) is 23.1 Å². The molecular formula is C16H16ClN3OS2. The van der Waals surface area contributed by atoms with Gasteiger partial charge in [-0.15, -0.1) is 0 Å². The van der Waals surface area contributed by atoms with Crippen LogP contribution in [0, 0.1) is 0 Å². The van der Waals surface area contributed by atoms with Crippen molar-refractivity contribution in [3.8, 4) is 0 Å². The Morgan fingerprint density at radius 1 is 1.22 bits per heavy atom. The molecule has 1 aromatic carbocycles. The third-order valence-electron chi connectivity index (χ3n) is 3.35. The summed E-state index contributed by atoms with van der Waals surface area (Å²) in [4.78, 5) is 4.53. The maximum Gasteiger partial charge on any atom is 0.203 e. The number of aromatic nitrogens is 2. The van der Waals surface area contributed by atoms with Crippen LogP contribution < -0.4 is 5.32 Å². The van der Waals surface area contributed by atoms with E-state index in [1.807, 2.05) is 24.3 Å². The summed E-state index contributed by atoms with van der Waals surface area (Å²) in [5, 5.41) is 9.23. The first kappa shape index (κ1) is 16.4. The molecule has 1 atom stereocenters. The fraction of sp³-hybridized carbons (Fsp3) is 0.250. The molecule has 0 spiro atoms. The monoisotopic (exact) mass is 365 g/mol. The lowest BCUT2D eigenvalue weighted by Crippen LogP contribution is -2.11. The number of hydrogen-bond donors (Lipinski definition) is 1. The Balaban J connectivity index is 1.82. The molecule has 2 aromatic heterocycles. The summed E-state index contributed by atoms with van der Waals surface area (Å²) in [6.45, 7) is 0.626. The summed E-state index contributed by atoms with van der Waals surface area (Å²) in [7, 11) is 1.68. The average molecular weight is 366 g/mol. The molecule has 3 aromatic rings. The molecule has 0 bridgehead atoms. The molecule has 7 heteroatoms. The molecule has 3 rings (SSSR count). The first-order valence-corrected chi connectivity index (χ1v) is 9.21. The maximum absolute atomic E-state index is 6.00. The van der Waals surface area contributed by atoms with Gasteiger partial charge in [-0.1, -0.05) is 23.7 Å². The molecule has 0 aliphatic carbocycles. The maximum atomic E-state index is 6.00. The van der Waals surface area contributed by atoms with Crippen LogP contribution in [0.25, 0.3) is 0 Å². The van der Waals surface area contributed by atoms with E-state index >= 15 is 0 Å². The molecule has 0 saturated carbocycles. The van der Waals surface area contributed by atoms with Gasteiger partial charge in [-0.25, -0.2) is 4.98 Å². The third-order valence-corrected chi connectivity index (χ3v) is 4.98. The Labute approximate surface area is 148 Å². The molecule has 1 N–H and O–H groups in total. The van der Waals surface area contributed by atoms with E-state index in [-0.39, 0.29) is 6.04 Å². The van der Waals surface area contributed by atoms with Crippen molar-refractivity contribution in [1.29, 1.82) is 0 Å². The number of rotatable bonds is 7. The molecule has 120 valence electrons. The van der Waals surface area contributed by atoms with Gasteiger partial charge >= 0.3 is 0 Å². The topological polar surface area (TPSA) is 47.0 Å². The van der Waals surface area contributed by atoms with Crippen LogP contribution in [0.2, 0.25) is 5.02 Å². The molecule has 0 amide bonds. The Morgan fingerprint density at radius 2 is 2.04 bits per heavy atom. The van der Waals surface area contributed by atoms with E-state index in [4.69, 9.17) is 16.3 Å². The average Bonchev–Trinajstić information content (AvgIpc) is 3.23. The fourth-order valence-electron chi connectivity index (χ4n) is 2.18. The zero-order valence-electron chi connectivity index (χ0n) is 12.5. The molecule has 0 fully saturated rings. The van der Waals surface area contributed by atoms with Crippen LogP contribution in [-0.2, 0) is 11.2 Å². The highest BCUT2D eigenvalue weighted by Crippen LogP contribution is 2.29. The van der Waals surface area contributed by atoms with Crippen molar-refractivity contribution in [1.82, 2.24) is 9.36 Å². The summed E-state index contributed by atoms with van der Waals surface area (Å²) < 4.78 is 9.43. The normalized spacial score (nSPS) is 12.3. The molecule has 2 heterocycles. The molecular weight excluding hydrogens is 350 g/mol. The zero-order valence-corrected chi connectivity index (χ0v) is 14.9.